The minimum atomic E-state index is 0.623. The minimum absolute atomic E-state index is 0.623. The number of hydrogen-bond acceptors (Lipinski definition) is 5. The van der Waals surface area contributed by atoms with E-state index in [9.17, 15) is 0 Å². The molecule has 0 atom stereocenters. The molecule has 0 aliphatic rings. The average molecular weight is 768 g/mol. The van der Waals surface area contributed by atoms with Crippen LogP contribution in [-0.4, -0.2) is 24.9 Å². The van der Waals surface area contributed by atoms with Gasteiger partial charge in [0.1, 0.15) is 0 Å². The standard InChI is InChI=1S/C55H37N5/c1-5-17-39(18-6-1)48-29-13-14-30-49(48)45-26-16-28-47(36-45)55-56-50(40-19-7-2-8-20-40)37-51(57-55)46-27-15-25-44(35-46)38-31-33-43(34-32-38)54-59-52(41-21-9-3-10-22-41)58-53(60-54)42-23-11-4-12-24-42/h1-37H. The van der Waals surface area contributed by atoms with Crippen LogP contribution in [0.15, 0.2) is 224 Å². The van der Waals surface area contributed by atoms with Crippen molar-refractivity contribution in [3.63, 3.8) is 0 Å². The number of nitrogens with zero attached hydrogens (tertiary/aromatic N) is 5. The van der Waals surface area contributed by atoms with E-state index in [4.69, 9.17) is 24.9 Å². The second-order valence-electron chi connectivity index (χ2n) is 14.5. The maximum Gasteiger partial charge on any atom is 0.164 e. The summed E-state index contributed by atoms with van der Waals surface area (Å²) in [5, 5.41) is 0. The van der Waals surface area contributed by atoms with Gasteiger partial charge in [0.2, 0.25) is 0 Å². The second-order valence-corrected chi connectivity index (χ2v) is 14.5. The monoisotopic (exact) mass is 767 g/mol. The van der Waals surface area contributed by atoms with E-state index < -0.39 is 0 Å². The molecule has 0 aliphatic heterocycles. The van der Waals surface area contributed by atoms with Gasteiger partial charge < -0.3 is 0 Å². The van der Waals surface area contributed by atoms with Crippen LogP contribution in [0.2, 0.25) is 0 Å². The molecule has 5 nitrogen and oxygen atoms in total. The molecule has 0 saturated heterocycles. The fourth-order valence-electron chi connectivity index (χ4n) is 7.52. The van der Waals surface area contributed by atoms with Crippen LogP contribution in [0.3, 0.4) is 0 Å². The van der Waals surface area contributed by atoms with Gasteiger partial charge in [-0.05, 0) is 51.6 Å². The normalized spacial score (nSPS) is 11.0. The first kappa shape index (κ1) is 36.2. The van der Waals surface area contributed by atoms with E-state index in [0.717, 1.165) is 67.0 Å². The Morgan fingerprint density at radius 1 is 0.183 bits per heavy atom. The molecule has 0 spiro atoms. The molecule has 0 bridgehead atoms. The van der Waals surface area contributed by atoms with Crippen molar-refractivity contribution >= 4 is 0 Å². The molecule has 0 fully saturated rings. The van der Waals surface area contributed by atoms with Crippen molar-refractivity contribution in [1.29, 1.82) is 0 Å². The molecule has 60 heavy (non-hydrogen) atoms. The van der Waals surface area contributed by atoms with E-state index in [1.807, 2.05) is 78.9 Å². The number of hydrogen-bond donors (Lipinski definition) is 0. The maximum atomic E-state index is 5.24. The van der Waals surface area contributed by atoms with E-state index in [0.29, 0.717) is 23.3 Å². The van der Waals surface area contributed by atoms with Crippen molar-refractivity contribution in [3.05, 3.63) is 224 Å². The molecule has 2 heterocycles. The highest BCUT2D eigenvalue weighted by molar-refractivity contribution is 5.85. The quantitative estimate of drug-likeness (QED) is 0.146. The molecular weight excluding hydrogens is 731 g/mol. The van der Waals surface area contributed by atoms with Gasteiger partial charge in [0.25, 0.3) is 0 Å². The Bertz CT molecular complexity index is 3000. The maximum absolute atomic E-state index is 5.24. The molecule has 8 aromatic carbocycles. The highest BCUT2D eigenvalue weighted by Crippen LogP contribution is 2.36. The highest BCUT2D eigenvalue weighted by Gasteiger charge is 2.15. The lowest BCUT2D eigenvalue weighted by Crippen LogP contribution is -2.00. The second kappa shape index (κ2) is 16.4. The minimum Gasteiger partial charge on any atom is -0.228 e. The van der Waals surface area contributed by atoms with Gasteiger partial charge in [-0.1, -0.05) is 206 Å². The first-order chi connectivity index (χ1) is 29.7. The van der Waals surface area contributed by atoms with Crippen molar-refractivity contribution in [3.8, 4) is 101 Å². The molecule has 2 aromatic heterocycles. The summed E-state index contributed by atoms with van der Waals surface area (Å²) >= 11 is 0. The SMILES string of the molecule is c1ccc(-c2cc(-c3cccc(-c4ccc(-c5nc(-c6ccccc6)nc(-c6ccccc6)n5)cc4)c3)nc(-c3cccc(-c4ccccc4-c4ccccc4)c3)n2)cc1. The van der Waals surface area contributed by atoms with Gasteiger partial charge in [-0.3, -0.25) is 0 Å². The summed E-state index contributed by atoms with van der Waals surface area (Å²) in [6.45, 7) is 0. The van der Waals surface area contributed by atoms with Crippen molar-refractivity contribution < 1.29 is 0 Å². The molecule has 0 radical (unpaired) electrons. The third kappa shape index (κ3) is 7.63. The van der Waals surface area contributed by atoms with Crippen molar-refractivity contribution in [2.45, 2.75) is 0 Å². The van der Waals surface area contributed by atoms with Gasteiger partial charge in [0.05, 0.1) is 11.4 Å². The van der Waals surface area contributed by atoms with Crippen LogP contribution in [0.25, 0.3) is 101 Å². The lowest BCUT2D eigenvalue weighted by molar-refractivity contribution is 1.07. The summed E-state index contributed by atoms with van der Waals surface area (Å²) in [7, 11) is 0. The van der Waals surface area contributed by atoms with Gasteiger partial charge in [-0.15, -0.1) is 0 Å². The summed E-state index contributed by atoms with van der Waals surface area (Å²) < 4.78 is 0. The predicted molar refractivity (Wildman–Crippen MR) is 244 cm³/mol. The zero-order valence-corrected chi connectivity index (χ0v) is 32.6. The zero-order chi connectivity index (χ0) is 40.1. The Kier molecular flexibility index (Phi) is 9.88. The van der Waals surface area contributed by atoms with Crippen LogP contribution < -0.4 is 0 Å². The van der Waals surface area contributed by atoms with Crippen molar-refractivity contribution in [2.24, 2.45) is 0 Å². The number of rotatable bonds is 9. The molecule has 5 heteroatoms. The van der Waals surface area contributed by atoms with E-state index >= 15 is 0 Å². The number of aromatic nitrogens is 5. The van der Waals surface area contributed by atoms with Crippen LogP contribution in [0.5, 0.6) is 0 Å². The summed E-state index contributed by atoms with van der Waals surface area (Å²) in [5.41, 5.74) is 14.3. The summed E-state index contributed by atoms with van der Waals surface area (Å²) in [6, 6.07) is 77.1. The molecule has 0 aliphatic carbocycles. The third-order valence-corrected chi connectivity index (χ3v) is 10.6. The molecule has 282 valence electrons. The molecule has 0 amide bonds. The Morgan fingerprint density at radius 3 is 1.10 bits per heavy atom. The smallest absolute Gasteiger partial charge is 0.164 e. The fraction of sp³-hybridized carbons (Fsp3) is 0. The van der Waals surface area contributed by atoms with Crippen LogP contribution >= 0.6 is 0 Å². The Hall–Kier alpha value is -8.15. The number of benzene rings is 8. The van der Waals surface area contributed by atoms with Gasteiger partial charge in [0.15, 0.2) is 23.3 Å². The summed E-state index contributed by atoms with van der Waals surface area (Å²) in [4.78, 5) is 25.1. The Labute approximate surface area is 349 Å². The lowest BCUT2D eigenvalue weighted by atomic mass is 9.93. The molecule has 0 N–H and O–H groups in total. The molecule has 10 rings (SSSR count). The highest BCUT2D eigenvalue weighted by atomic mass is 15.0. The molecule has 0 unspecified atom stereocenters. The first-order valence-electron chi connectivity index (χ1n) is 20.0. The van der Waals surface area contributed by atoms with Crippen LogP contribution in [-0.2, 0) is 0 Å². The van der Waals surface area contributed by atoms with E-state index in [1.54, 1.807) is 0 Å². The van der Waals surface area contributed by atoms with E-state index in [2.05, 4.69) is 146 Å². The lowest BCUT2D eigenvalue weighted by Gasteiger charge is -2.13. The topological polar surface area (TPSA) is 64.5 Å². The predicted octanol–water partition coefficient (Wildman–Crippen LogP) is 13.7. The molecule has 10 aromatic rings. The Balaban J connectivity index is 1.01. The third-order valence-electron chi connectivity index (χ3n) is 10.6. The molecule has 0 saturated carbocycles. The van der Waals surface area contributed by atoms with Crippen LogP contribution in [0, 0.1) is 0 Å². The molecular formula is C55H37N5. The van der Waals surface area contributed by atoms with Crippen LogP contribution in [0.4, 0.5) is 0 Å². The van der Waals surface area contributed by atoms with E-state index in [1.165, 1.54) is 11.1 Å². The summed E-state index contributed by atoms with van der Waals surface area (Å²) in [6.07, 6.45) is 0. The fourth-order valence-corrected chi connectivity index (χ4v) is 7.52. The van der Waals surface area contributed by atoms with Gasteiger partial charge in [-0.2, -0.15) is 0 Å². The zero-order valence-electron chi connectivity index (χ0n) is 32.6. The average Bonchev–Trinajstić information content (AvgIpc) is 3.35. The largest absolute Gasteiger partial charge is 0.228 e. The first-order valence-corrected chi connectivity index (χ1v) is 20.0. The van der Waals surface area contributed by atoms with Crippen molar-refractivity contribution in [2.75, 3.05) is 0 Å². The van der Waals surface area contributed by atoms with Gasteiger partial charge in [-0.25, -0.2) is 24.9 Å². The van der Waals surface area contributed by atoms with Crippen LogP contribution in [0.1, 0.15) is 0 Å². The van der Waals surface area contributed by atoms with Crippen molar-refractivity contribution in [1.82, 2.24) is 24.9 Å². The Morgan fingerprint density at radius 2 is 0.533 bits per heavy atom. The van der Waals surface area contributed by atoms with E-state index in [-0.39, 0.29) is 0 Å². The summed E-state index contributed by atoms with van der Waals surface area (Å²) in [5.74, 6) is 2.57. The van der Waals surface area contributed by atoms with Gasteiger partial charge in [0, 0.05) is 33.4 Å². The van der Waals surface area contributed by atoms with Gasteiger partial charge >= 0.3 is 0 Å².